The maximum absolute atomic E-state index is 14.3. The molecule has 15 nitrogen and oxygen atoms in total. The molecule has 0 radical (unpaired) electrons. The van der Waals surface area contributed by atoms with E-state index in [1.165, 1.54) is 23.1 Å². The van der Waals surface area contributed by atoms with E-state index in [1.54, 1.807) is 6.07 Å². The smallest absolute Gasteiger partial charge is 0.410 e. The Morgan fingerprint density at radius 1 is 1.13 bits per heavy atom. The van der Waals surface area contributed by atoms with Gasteiger partial charge in [0, 0.05) is 37.3 Å². The van der Waals surface area contributed by atoms with Crippen molar-refractivity contribution in [3.8, 4) is 0 Å². The number of hydrogen-bond acceptors (Lipinski definition) is 10. The Labute approximate surface area is 269 Å². The predicted octanol–water partition coefficient (Wildman–Crippen LogP) is -0.261. The Bertz CT molecular complexity index is 1670. The van der Waals surface area contributed by atoms with Crippen molar-refractivity contribution < 1.29 is 51.0 Å². The normalized spacial score (nSPS) is 27.8. The van der Waals surface area contributed by atoms with Gasteiger partial charge in [-0.1, -0.05) is 18.2 Å². The van der Waals surface area contributed by atoms with Crippen LogP contribution in [0.25, 0.3) is 0 Å². The molecular weight excluding hydrogens is 641 g/mol. The lowest BCUT2D eigenvalue weighted by molar-refractivity contribution is -0.148. The Morgan fingerprint density at radius 2 is 1.89 bits per heavy atom. The molecule has 2 aliphatic carbocycles. The number of nitrogens with zero attached hydrogens (tertiary/aromatic N) is 2. The molecule has 3 aliphatic heterocycles. The number of cyclic esters (lactones) is 1. The van der Waals surface area contributed by atoms with Crippen LogP contribution in [0.15, 0.2) is 30.9 Å². The monoisotopic (exact) mass is 675 g/mol. The van der Waals surface area contributed by atoms with Crippen LogP contribution < -0.4 is 15.4 Å². The highest BCUT2D eigenvalue weighted by Crippen LogP contribution is 2.45. The van der Waals surface area contributed by atoms with Crippen LogP contribution in [0, 0.1) is 11.7 Å². The molecule has 6 rings (SSSR count). The van der Waals surface area contributed by atoms with Gasteiger partial charge in [-0.3, -0.25) is 33.6 Å². The van der Waals surface area contributed by atoms with Gasteiger partial charge in [0.15, 0.2) is 6.10 Å². The molecule has 0 spiro atoms. The first-order valence-corrected chi connectivity index (χ1v) is 16.8. The van der Waals surface area contributed by atoms with Crippen LogP contribution in [0.2, 0.25) is 0 Å². The number of amides is 5. The molecule has 1 aromatic rings. The molecule has 0 aromatic heterocycles. The number of fused-ring (bicyclic) bond motifs is 1. The van der Waals surface area contributed by atoms with Gasteiger partial charge in [-0.15, -0.1) is 6.58 Å². The summed E-state index contributed by atoms with van der Waals surface area (Å²) in [6.07, 6.45) is -0.442. The van der Waals surface area contributed by atoms with Crippen molar-refractivity contribution in [2.45, 2.75) is 80.7 Å². The van der Waals surface area contributed by atoms with Crippen LogP contribution in [-0.2, 0) is 56.6 Å². The number of carbonyl (C=O) groups excluding carboxylic acids is 6. The quantitative estimate of drug-likeness (QED) is 0.219. The zero-order chi connectivity index (χ0) is 33.7. The molecule has 2 saturated carbocycles. The summed E-state index contributed by atoms with van der Waals surface area (Å²) >= 11 is 0. The van der Waals surface area contributed by atoms with E-state index in [1.807, 2.05) is 0 Å². The molecule has 3 heterocycles. The summed E-state index contributed by atoms with van der Waals surface area (Å²) in [5.74, 6) is -4.70. The lowest BCUT2D eigenvalue weighted by atomic mass is 10.1. The highest BCUT2D eigenvalue weighted by molar-refractivity contribution is 7.91. The van der Waals surface area contributed by atoms with Crippen molar-refractivity contribution in [3.05, 3.63) is 47.8 Å². The minimum atomic E-state index is -3.93. The maximum atomic E-state index is 14.3. The van der Waals surface area contributed by atoms with Gasteiger partial charge in [0.1, 0.15) is 23.5 Å². The fourth-order valence-electron chi connectivity index (χ4n) is 6.24. The van der Waals surface area contributed by atoms with Crippen LogP contribution in [0.5, 0.6) is 0 Å². The molecule has 0 bridgehead atoms. The molecule has 47 heavy (non-hydrogen) atoms. The molecule has 252 valence electrons. The van der Waals surface area contributed by atoms with Gasteiger partial charge in [0.25, 0.3) is 11.8 Å². The van der Waals surface area contributed by atoms with Gasteiger partial charge in [-0.2, -0.15) is 0 Å². The summed E-state index contributed by atoms with van der Waals surface area (Å²) in [6, 6.07) is 3.25. The molecule has 0 unspecified atom stereocenters. The molecule has 1 aromatic carbocycles. The standard InChI is InChI=1S/C30H34FN5O10S/c1-2-17-11-30(17,28(41)34-47(43,44)19-6-7-19)33-26(39)22-10-18(45-29(42)35-13-16-4-3-5-21(31)20(16)15-35)14-36(22)24(37)12-32-27(40)23-8-9-25(38)46-23/h2-5,17-19,22-23H,1,6-15H2,(H,32,40)(H,33,39)(H,34,41)/t17-,18-,22+,23-,30-/m1/s1. The molecular formula is C30H34FN5O10S. The zero-order valence-corrected chi connectivity index (χ0v) is 26.1. The summed E-state index contributed by atoms with van der Waals surface area (Å²) in [4.78, 5) is 79.6. The van der Waals surface area contributed by atoms with E-state index in [0.29, 0.717) is 24.0 Å². The van der Waals surface area contributed by atoms with Crippen molar-refractivity contribution in [1.82, 2.24) is 25.2 Å². The Balaban J connectivity index is 1.15. The Morgan fingerprint density at radius 3 is 2.53 bits per heavy atom. The minimum Gasteiger partial charge on any atom is -0.452 e. The molecule has 17 heteroatoms. The average Bonchev–Trinajstić information content (AvgIpc) is 3.85. The van der Waals surface area contributed by atoms with Gasteiger partial charge in [-0.25, -0.2) is 17.6 Å². The number of likely N-dealkylation sites (tertiary alicyclic amines) is 1. The molecule has 5 amide bonds. The van der Waals surface area contributed by atoms with Gasteiger partial charge in [0.2, 0.25) is 21.8 Å². The third kappa shape index (κ3) is 6.53. The number of nitrogens with one attached hydrogen (secondary N) is 3. The average molecular weight is 676 g/mol. The highest BCUT2D eigenvalue weighted by Gasteiger charge is 2.62. The lowest BCUT2D eigenvalue weighted by Gasteiger charge is -2.26. The third-order valence-corrected chi connectivity index (χ3v) is 11.0. The summed E-state index contributed by atoms with van der Waals surface area (Å²) in [6.45, 7) is 2.94. The zero-order valence-electron chi connectivity index (χ0n) is 25.2. The van der Waals surface area contributed by atoms with Crippen molar-refractivity contribution >= 4 is 45.7 Å². The summed E-state index contributed by atoms with van der Waals surface area (Å²) in [5, 5.41) is 4.34. The van der Waals surface area contributed by atoms with Crippen molar-refractivity contribution in [2.24, 2.45) is 5.92 Å². The van der Waals surface area contributed by atoms with Crippen molar-refractivity contribution in [2.75, 3.05) is 13.1 Å². The third-order valence-electron chi connectivity index (χ3n) is 9.18. The van der Waals surface area contributed by atoms with Crippen LogP contribution in [0.4, 0.5) is 9.18 Å². The fourth-order valence-corrected chi connectivity index (χ4v) is 7.61. The molecule has 2 saturated heterocycles. The van der Waals surface area contributed by atoms with E-state index in [-0.39, 0.29) is 45.3 Å². The van der Waals surface area contributed by atoms with E-state index in [0.717, 1.165) is 4.90 Å². The summed E-state index contributed by atoms with van der Waals surface area (Å²) < 4.78 is 51.9. The number of sulfonamides is 1. The molecule has 5 aliphatic rings. The van der Waals surface area contributed by atoms with Gasteiger partial charge in [0.05, 0.1) is 24.9 Å². The van der Waals surface area contributed by atoms with Crippen LogP contribution in [0.1, 0.15) is 49.7 Å². The Kier molecular flexibility index (Phi) is 8.44. The second-order valence-electron chi connectivity index (χ2n) is 12.5. The van der Waals surface area contributed by atoms with Gasteiger partial charge >= 0.3 is 12.1 Å². The molecule has 5 atom stereocenters. The minimum absolute atomic E-state index is 0.0256. The van der Waals surface area contributed by atoms with Crippen LogP contribution in [-0.4, -0.2) is 96.0 Å². The largest absolute Gasteiger partial charge is 0.452 e. The van der Waals surface area contributed by atoms with Crippen molar-refractivity contribution in [3.63, 3.8) is 0 Å². The number of rotatable bonds is 10. The predicted molar refractivity (Wildman–Crippen MR) is 157 cm³/mol. The highest BCUT2D eigenvalue weighted by atomic mass is 32.2. The first kappa shape index (κ1) is 32.4. The van der Waals surface area contributed by atoms with Crippen molar-refractivity contribution in [1.29, 1.82) is 0 Å². The number of benzene rings is 1. The van der Waals surface area contributed by atoms with Gasteiger partial charge < -0.3 is 25.0 Å². The lowest BCUT2D eigenvalue weighted by Crippen LogP contribution is -2.57. The van der Waals surface area contributed by atoms with Crippen LogP contribution >= 0.6 is 0 Å². The number of esters is 1. The first-order chi connectivity index (χ1) is 22.3. The SMILES string of the molecule is C=C[C@@H]1C[C@]1(NC(=O)[C@@H]1C[C@@H](OC(=O)N2Cc3cccc(F)c3C2)CN1C(=O)CNC(=O)[C@H]1CCC(=O)O1)C(=O)NS(=O)(=O)C1CC1. The van der Waals surface area contributed by atoms with Gasteiger partial charge in [-0.05, 0) is 30.9 Å². The number of hydrogen-bond donors (Lipinski definition) is 3. The second kappa shape index (κ2) is 12.2. The van der Waals surface area contributed by atoms with E-state index in [2.05, 4.69) is 21.9 Å². The molecule has 4 fully saturated rings. The summed E-state index contributed by atoms with van der Waals surface area (Å²) in [5.41, 5.74) is -0.627. The number of ether oxygens (including phenoxy) is 2. The van der Waals surface area contributed by atoms with E-state index in [9.17, 15) is 41.6 Å². The number of halogens is 1. The maximum Gasteiger partial charge on any atom is 0.410 e. The fraction of sp³-hybridized carbons (Fsp3) is 0.533. The first-order valence-electron chi connectivity index (χ1n) is 15.3. The molecule has 3 N–H and O–H groups in total. The second-order valence-corrected chi connectivity index (χ2v) is 14.4. The summed E-state index contributed by atoms with van der Waals surface area (Å²) in [7, 11) is -3.93. The van der Waals surface area contributed by atoms with Crippen LogP contribution in [0.3, 0.4) is 0 Å². The van der Waals surface area contributed by atoms with E-state index in [4.69, 9.17) is 9.47 Å². The van der Waals surface area contributed by atoms with E-state index < -0.39 is 93.0 Å². The number of carbonyl (C=O) groups is 6. The topological polar surface area (TPSA) is 198 Å². The van der Waals surface area contributed by atoms with E-state index >= 15 is 0 Å². The Hall–Kier alpha value is -4.54.